The number of amides is 3. The smallest absolute Gasteiger partial charge is 0.242 e. The quantitative estimate of drug-likeness (QED) is 0.242. The van der Waals surface area contributed by atoms with Gasteiger partial charge < -0.3 is 30.1 Å². The highest BCUT2D eigenvalue weighted by Crippen LogP contribution is 2.69. The van der Waals surface area contributed by atoms with E-state index >= 15 is 0 Å². The van der Waals surface area contributed by atoms with Crippen LogP contribution < -0.4 is 5.73 Å². The lowest BCUT2D eigenvalue weighted by molar-refractivity contribution is -0.143. The maximum Gasteiger partial charge on any atom is 0.242 e. The highest BCUT2D eigenvalue weighted by atomic mass is 16.5. The van der Waals surface area contributed by atoms with E-state index < -0.39 is 17.4 Å². The molecule has 3 fully saturated rings. The summed E-state index contributed by atoms with van der Waals surface area (Å²) in [6.45, 7) is 6.40. The summed E-state index contributed by atoms with van der Waals surface area (Å²) in [5, 5.41) is 21.3. The lowest BCUT2D eigenvalue weighted by Crippen LogP contribution is -2.53. The summed E-state index contributed by atoms with van der Waals surface area (Å²) in [6, 6.07) is 0. The number of carbonyl (C=O) groups excluding carboxylic acids is 4. The van der Waals surface area contributed by atoms with Gasteiger partial charge in [0.2, 0.25) is 17.7 Å². The molecular formula is C37H59N7O7. The zero-order valence-corrected chi connectivity index (χ0v) is 31.3. The van der Waals surface area contributed by atoms with Crippen molar-refractivity contribution >= 4 is 23.5 Å². The number of rotatable bonds is 17. The number of nitrogens with zero attached hydrogens (tertiary/aromatic N) is 6. The van der Waals surface area contributed by atoms with E-state index in [9.17, 15) is 24.3 Å². The van der Waals surface area contributed by atoms with Gasteiger partial charge in [-0.15, -0.1) is 5.10 Å². The molecule has 1 aromatic rings. The summed E-state index contributed by atoms with van der Waals surface area (Å²) in [5.74, 6) is 0.515. The zero-order chi connectivity index (χ0) is 37.0. The standard InChI is InChI=1S/C37H59N7O7/c1-35-12-9-27(45)21-26(35)7-8-28-29(35)10-13-36(2)30(28)11-14-37(36,49)31-22-44(40-39-31)16-6-15-41(3)24-33(47)43(18-20-51-5)25-34(48)42(17-19-50-4)23-32(38)46/h21-22,28-30,49H,6-20,23-25H2,1-5H3,(H2,38,46)/t28?,29?,30?,35-,36-,37+/m0/s1. The Labute approximate surface area is 302 Å². The summed E-state index contributed by atoms with van der Waals surface area (Å²) in [7, 11) is 4.89. The minimum absolute atomic E-state index is 0.0941. The molecule has 1 aromatic heterocycles. The number of aromatic nitrogens is 3. The lowest BCUT2D eigenvalue weighted by atomic mass is 9.46. The monoisotopic (exact) mass is 713 g/mol. The first-order valence-electron chi connectivity index (χ1n) is 18.6. The van der Waals surface area contributed by atoms with Crippen LogP contribution in [0, 0.1) is 28.6 Å². The third-order valence-corrected chi connectivity index (χ3v) is 12.9. The number of carbonyl (C=O) groups is 4. The fourth-order valence-corrected chi connectivity index (χ4v) is 9.94. The number of aryl methyl sites for hydroxylation is 1. The molecule has 3 unspecified atom stereocenters. The van der Waals surface area contributed by atoms with Crippen LogP contribution in [0.5, 0.6) is 0 Å². The van der Waals surface area contributed by atoms with E-state index in [0.29, 0.717) is 55.8 Å². The van der Waals surface area contributed by atoms with E-state index in [4.69, 9.17) is 15.2 Å². The largest absolute Gasteiger partial charge is 0.383 e. The number of allylic oxidation sites excluding steroid dienone is 1. The molecule has 284 valence electrons. The van der Waals surface area contributed by atoms with E-state index in [1.54, 1.807) is 4.68 Å². The van der Waals surface area contributed by atoms with Crippen LogP contribution in [0.15, 0.2) is 17.8 Å². The van der Waals surface area contributed by atoms with Crippen LogP contribution in [0.25, 0.3) is 0 Å². The summed E-state index contributed by atoms with van der Waals surface area (Å²) in [6.07, 6.45) is 11.8. The Kier molecular flexibility index (Phi) is 12.4. The normalized spacial score (nSPS) is 30.0. The number of fused-ring (bicyclic) bond motifs is 5. The second kappa shape index (κ2) is 16.2. The third-order valence-electron chi connectivity index (χ3n) is 12.9. The second-order valence-corrected chi connectivity index (χ2v) is 15.9. The zero-order valence-electron chi connectivity index (χ0n) is 31.3. The molecule has 0 spiro atoms. The van der Waals surface area contributed by atoms with Crippen LogP contribution in [0.1, 0.15) is 77.3 Å². The van der Waals surface area contributed by atoms with Gasteiger partial charge in [0.1, 0.15) is 11.3 Å². The highest BCUT2D eigenvalue weighted by Gasteiger charge is 2.65. The van der Waals surface area contributed by atoms with Crippen molar-refractivity contribution in [3.05, 3.63) is 23.5 Å². The summed E-state index contributed by atoms with van der Waals surface area (Å²) >= 11 is 0. The number of likely N-dealkylation sites (N-methyl/N-ethyl adjacent to an activating group) is 1. The Hall–Kier alpha value is -3.20. The van der Waals surface area contributed by atoms with Gasteiger partial charge >= 0.3 is 0 Å². The fourth-order valence-electron chi connectivity index (χ4n) is 9.94. The number of methoxy groups -OCH3 is 2. The number of ketones is 1. The molecule has 14 heteroatoms. The van der Waals surface area contributed by atoms with Gasteiger partial charge in [0.05, 0.1) is 39.0 Å². The highest BCUT2D eigenvalue weighted by molar-refractivity contribution is 5.91. The topological polar surface area (TPSA) is 173 Å². The molecule has 0 aromatic carbocycles. The van der Waals surface area contributed by atoms with E-state index in [2.05, 4.69) is 24.2 Å². The molecule has 1 heterocycles. The van der Waals surface area contributed by atoms with Crippen molar-refractivity contribution in [1.82, 2.24) is 29.7 Å². The molecule has 0 saturated heterocycles. The van der Waals surface area contributed by atoms with Crippen LogP contribution >= 0.6 is 0 Å². The van der Waals surface area contributed by atoms with Gasteiger partial charge in [-0.2, -0.15) is 0 Å². The van der Waals surface area contributed by atoms with Crippen LogP contribution in [0.2, 0.25) is 0 Å². The average Bonchev–Trinajstić information content (AvgIpc) is 3.67. The van der Waals surface area contributed by atoms with Gasteiger partial charge in [0.15, 0.2) is 5.78 Å². The maximum atomic E-state index is 13.3. The molecule has 0 aliphatic heterocycles. The summed E-state index contributed by atoms with van der Waals surface area (Å²) in [4.78, 5) is 54.7. The first-order valence-corrected chi connectivity index (χ1v) is 18.6. The van der Waals surface area contributed by atoms with E-state index in [1.165, 1.54) is 29.6 Å². The van der Waals surface area contributed by atoms with Crippen LogP contribution in [-0.4, -0.2) is 132 Å². The van der Waals surface area contributed by atoms with Crippen molar-refractivity contribution in [2.75, 3.05) is 73.7 Å². The predicted molar refractivity (Wildman–Crippen MR) is 189 cm³/mol. The van der Waals surface area contributed by atoms with Gasteiger partial charge in [-0.05, 0) is 87.7 Å². The minimum atomic E-state index is -1.04. The van der Waals surface area contributed by atoms with E-state index in [0.717, 1.165) is 38.5 Å². The Morgan fingerprint density at radius 1 is 0.941 bits per heavy atom. The minimum Gasteiger partial charge on any atom is -0.383 e. The number of hydrogen-bond donors (Lipinski definition) is 2. The molecular weight excluding hydrogens is 654 g/mol. The van der Waals surface area contributed by atoms with Gasteiger partial charge in [-0.3, -0.25) is 28.8 Å². The molecule has 0 radical (unpaired) electrons. The number of primary amides is 1. The van der Waals surface area contributed by atoms with Crippen LogP contribution in [-0.2, 0) is 40.8 Å². The van der Waals surface area contributed by atoms with Crippen LogP contribution in [0.3, 0.4) is 0 Å². The molecule has 4 aliphatic carbocycles. The van der Waals surface area contributed by atoms with Gasteiger partial charge in [0, 0.05) is 52.2 Å². The van der Waals surface area contributed by atoms with Crippen molar-refractivity contribution in [1.29, 1.82) is 0 Å². The van der Waals surface area contributed by atoms with Crippen molar-refractivity contribution in [2.24, 2.45) is 34.3 Å². The molecule has 3 N–H and O–H groups in total. The molecule has 4 aliphatic rings. The second-order valence-electron chi connectivity index (χ2n) is 15.9. The summed E-state index contributed by atoms with van der Waals surface area (Å²) < 4.78 is 12.0. The number of nitrogens with two attached hydrogens (primary N) is 1. The predicted octanol–water partition coefficient (Wildman–Crippen LogP) is 1.75. The van der Waals surface area contributed by atoms with Crippen molar-refractivity contribution in [2.45, 2.75) is 83.8 Å². The first kappa shape index (κ1) is 39.0. The maximum absolute atomic E-state index is 13.3. The first-order chi connectivity index (χ1) is 24.3. The Balaban J connectivity index is 1.15. The Morgan fingerprint density at radius 2 is 1.61 bits per heavy atom. The lowest BCUT2D eigenvalue weighted by Gasteiger charge is -2.59. The molecule has 5 rings (SSSR count). The summed E-state index contributed by atoms with van der Waals surface area (Å²) in [5.41, 5.74) is 6.11. The van der Waals surface area contributed by atoms with Crippen LogP contribution in [0.4, 0.5) is 0 Å². The average molecular weight is 714 g/mol. The molecule has 14 nitrogen and oxygen atoms in total. The van der Waals surface area contributed by atoms with Crippen molar-refractivity contribution < 1.29 is 33.8 Å². The Morgan fingerprint density at radius 3 is 2.29 bits per heavy atom. The molecule has 6 atom stereocenters. The number of aliphatic hydroxyl groups is 1. The molecule has 0 bridgehead atoms. The van der Waals surface area contributed by atoms with Crippen molar-refractivity contribution in [3.63, 3.8) is 0 Å². The fraction of sp³-hybridized carbons (Fsp3) is 0.784. The molecule has 51 heavy (non-hydrogen) atoms. The van der Waals surface area contributed by atoms with E-state index in [-0.39, 0.29) is 68.5 Å². The van der Waals surface area contributed by atoms with E-state index in [1.807, 2.05) is 24.2 Å². The Bertz CT molecular complexity index is 1470. The number of hydrogen-bond acceptors (Lipinski definition) is 10. The van der Waals surface area contributed by atoms with Gasteiger partial charge in [0.25, 0.3) is 0 Å². The molecule has 3 saturated carbocycles. The molecule has 3 amide bonds. The number of ether oxygens (including phenoxy) is 2. The van der Waals surface area contributed by atoms with Gasteiger partial charge in [-0.25, -0.2) is 0 Å². The third kappa shape index (κ3) is 8.08. The SMILES string of the molecule is COCCN(CC(N)=O)C(=O)CN(CCOC)C(=O)CN(C)CCCn1cc([C@]2(O)CCC3C4CCC5=CC(=O)CC[C@]5(C)C4CC[C@@]32C)nn1. The van der Waals surface area contributed by atoms with Gasteiger partial charge in [-0.1, -0.05) is 24.6 Å². The van der Waals surface area contributed by atoms with Crippen molar-refractivity contribution in [3.8, 4) is 0 Å².